The van der Waals surface area contributed by atoms with Crippen molar-refractivity contribution in [2.75, 3.05) is 32.1 Å². The standard InChI is InChI=1S/C14H22N4O2/c1-3-6-15-13-9-16-12(8-17-13)14(19)18-7-4-5-11(10-18)20-2/h8-9,11H,3-7,10H2,1-2H3,(H,15,17). The molecule has 6 heteroatoms. The maximum atomic E-state index is 12.3. The van der Waals surface area contributed by atoms with E-state index in [0.29, 0.717) is 18.1 Å². The summed E-state index contributed by atoms with van der Waals surface area (Å²) in [4.78, 5) is 22.5. The highest BCUT2D eigenvalue weighted by Crippen LogP contribution is 2.15. The molecule has 1 amide bonds. The largest absolute Gasteiger partial charge is 0.380 e. The van der Waals surface area contributed by atoms with Gasteiger partial charge >= 0.3 is 0 Å². The zero-order chi connectivity index (χ0) is 14.4. The highest BCUT2D eigenvalue weighted by molar-refractivity contribution is 5.92. The molecule has 1 atom stereocenters. The molecule has 2 rings (SSSR count). The lowest BCUT2D eigenvalue weighted by Crippen LogP contribution is -2.43. The molecule has 0 spiro atoms. The smallest absolute Gasteiger partial charge is 0.274 e. The average molecular weight is 278 g/mol. The number of nitrogens with one attached hydrogen (secondary N) is 1. The molecule has 6 nitrogen and oxygen atoms in total. The van der Waals surface area contributed by atoms with E-state index in [0.717, 1.165) is 32.4 Å². The van der Waals surface area contributed by atoms with Gasteiger partial charge in [0, 0.05) is 26.7 Å². The van der Waals surface area contributed by atoms with Gasteiger partial charge in [-0.05, 0) is 19.3 Å². The van der Waals surface area contributed by atoms with E-state index in [4.69, 9.17) is 4.74 Å². The Morgan fingerprint density at radius 2 is 2.35 bits per heavy atom. The van der Waals surface area contributed by atoms with Crippen molar-refractivity contribution in [2.24, 2.45) is 0 Å². The van der Waals surface area contributed by atoms with Crippen molar-refractivity contribution >= 4 is 11.7 Å². The third-order valence-electron chi connectivity index (χ3n) is 3.43. The summed E-state index contributed by atoms with van der Waals surface area (Å²) in [5, 5.41) is 3.14. The molecule has 1 aromatic heterocycles. The molecule has 20 heavy (non-hydrogen) atoms. The van der Waals surface area contributed by atoms with Gasteiger partial charge in [-0.25, -0.2) is 9.97 Å². The molecule has 1 unspecified atom stereocenters. The number of amides is 1. The second-order valence-electron chi connectivity index (χ2n) is 4.96. The van der Waals surface area contributed by atoms with Crippen molar-refractivity contribution in [2.45, 2.75) is 32.3 Å². The van der Waals surface area contributed by atoms with E-state index in [1.807, 2.05) is 0 Å². The molecular weight excluding hydrogens is 256 g/mol. The van der Waals surface area contributed by atoms with Crippen LogP contribution in [0.25, 0.3) is 0 Å². The third kappa shape index (κ3) is 3.66. The average Bonchev–Trinajstić information content (AvgIpc) is 2.52. The molecule has 1 N–H and O–H groups in total. The van der Waals surface area contributed by atoms with Gasteiger partial charge in [-0.3, -0.25) is 4.79 Å². The lowest BCUT2D eigenvalue weighted by molar-refractivity contribution is 0.0265. The molecule has 0 bridgehead atoms. The Morgan fingerprint density at radius 3 is 3.00 bits per heavy atom. The first-order chi connectivity index (χ1) is 9.74. The number of anilines is 1. The van der Waals surface area contributed by atoms with E-state index in [-0.39, 0.29) is 12.0 Å². The minimum Gasteiger partial charge on any atom is -0.380 e. The van der Waals surface area contributed by atoms with Crippen LogP contribution in [0.5, 0.6) is 0 Å². The zero-order valence-corrected chi connectivity index (χ0v) is 12.1. The Balaban J connectivity index is 1.98. The van der Waals surface area contributed by atoms with E-state index in [1.165, 1.54) is 6.20 Å². The van der Waals surface area contributed by atoms with Gasteiger partial charge in [-0.2, -0.15) is 0 Å². The fourth-order valence-corrected chi connectivity index (χ4v) is 2.26. The van der Waals surface area contributed by atoms with Crippen LogP contribution in [0.4, 0.5) is 5.82 Å². The quantitative estimate of drug-likeness (QED) is 0.885. The number of hydrogen-bond donors (Lipinski definition) is 1. The Bertz CT molecular complexity index is 435. The number of carbonyl (C=O) groups is 1. The molecule has 1 aliphatic heterocycles. The number of likely N-dealkylation sites (tertiary alicyclic amines) is 1. The van der Waals surface area contributed by atoms with Crippen LogP contribution >= 0.6 is 0 Å². The predicted octanol–water partition coefficient (Wildman–Crippen LogP) is 1.55. The van der Waals surface area contributed by atoms with Crippen molar-refractivity contribution in [1.29, 1.82) is 0 Å². The van der Waals surface area contributed by atoms with Gasteiger partial charge in [0.2, 0.25) is 0 Å². The zero-order valence-electron chi connectivity index (χ0n) is 12.1. The van der Waals surface area contributed by atoms with Crippen molar-refractivity contribution in [1.82, 2.24) is 14.9 Å². The molecule has 0 radical (unpaired) electrons. The summed E-state index contributed by atoms with van der Waals surface area (Å²) >= 11 is 0. The number of ether oxygens (including phenoxy) is 1. The van der Waals surface area contributed by atoms with Gasteiger partial charge in [0.05, 0.1) is 18.5 Å². The van der Waals surface area contributed by atoms with Gasteiger partial charge in [-0.1, -0.05) is 6.92 Å². The lowest BCUT2D eigenvalue weighted by Gasteiger charge is -2.31. The molecule has 1 aliphatic rings. The summed E-state index contributed by atoms with van der Waals surface area (Å²) in [5.74, 6) is 0.637. The summed E-state index contributed by atoms with van der Waals surface area (Å²) in [5.41, 5.74) is 0.392. The normalized spacial score (nSPS) is 18.9. The first-order valence-corrected chi connectivity index (χ1v) is 7.12. The molecule has 1 fully saturated rings. The Labute approximate surface area is 119 Å². The first-order valence-electron chi connectivity index (χ1n) is 7.12. The number of hydrogen-bond acceptors (Lipinski definition) is 5. The van der Waals surface area contributed by atoms with Gasteiger partial charge in [0.15, 0.2) is 0 Å². The van der Waals surface area contributed by atoms with Gasteiger partial charge < -0.3 is 15.0 Å². The van der Waals surface area contributed by atoms with Gasteiger partial charge in [-0.15, -0.1) is 0 Å². The lowest BCUT2D eigenvalue weighted by atomic mass is 10.1. The Hall–Kier alpha value is -1.69. The van der Waals surface area contributed by atoms with Crippen LogP contribution < -0.4 is 5.32 Å². The van der Waals surface area contributed by atoms with Crippen molar-refractivity contribution < 1.29 is 9.53 Å². The van der Waals surface area contributed by atoms with E-state index in [1.54, 1.807) is 18.2 Å². The topological polar surface area (TPSA) is 67.4 Å². The molecule has 1 saturated heterocycles. The summed E-state index contributed by atoms with van der Waals surface area (Å²) in [6, 6.07) is 0. The van der Waals surface area contributed by atoms with Gasteiger partial charge in [0.25, 0.3) is 5.91 Å². The highest BCUT2D eigenvalue weighted by Gasteiger charge is 2.25. The van der Waals surface area contributed by atoms with Crippen LogP contribution in [0.2, 0.25) is 0 Å². The number of carbonyl (C=O) groups excluding carboxylic acids is 1. The van der Waals surface area contributed by atoms with Gasteiger partial charge in [0.1, 0.15) is 11.5 Å². The molecule has 1 aromatic rings. The maximum Gasteiger partial charge on any atom is 0.274 e. The molecular formula is C14H22N4O2. The first kappa shape index (κ1) is 14.7. The highest BCUT2D eigenvalue weighted by atomic mass is 16.5. The van der Waals surface area contributed by atoms with Crippen LogP contribution in [0, 0.1) is 0 Å². The minimum absolute atomic E-state index is 0.0682. The fraction of sp³-hybridized carbons (Fsp3) is 0.643. The summed E-state index contributed by atoms with van der Waals surface area (Å²) < 4.78 is 5.33. The van der Waals surface area contributed by atoms with E-state index in [9.17, 15) is 4.79 Å². The number of methoxy groups -OCH3 is 1. The number of rotatable bonds is 5. The van der Waals surface area contributed by atoms with E-state index in [2.05, 4.69) is 22.2 Å². The molecule has 2 heterocycles. The Kier molecular flexibility index (Phi) is 5.29. The van der Waals surface area contributed by atoms with Crippen LogP contribution in [-0.4, -0.2) is 53.6 Å². The number of piperidine rings is 1. The number of nitrogens with zero attached hydrogens (tertiary/aromatic N) is 3. The molecule has 0 saturated carbocycles. The van der Waals surface area contributed by atoms with Crippen LogP contribution in [0.15, 0.2) is 12.4 Å². The van der Waals surface area contributed by atoms with Crippen LogP contribution in [0.1, 0.15) is 36.7 Å². The maximum absolute atomic E-state index is 12.3. The summed E-state index contributed by atoms with van der Waals surface area (Å²) in [6.07, 6.45) is 6.28. The van der Waals surface area contributed by atoms with Crippen molar-refractivity contribution in [3.8, 4) is 0 Å². The molecule has 110 valence electrons. The van der Waals surface area contributed by atoms with Crippen molar-refractivity contribution in [3.63, 3.8) is 0 Å². The molecule has 0 aromatic carbocycles. The molecule has 0 aliphatic carbocycles. The minimum atomic E-state index is -0.0682. The second kappa shape index (κ2) is 7.19. The number of aromatic nitrogens is 2. The fourth-order valence-electron chi connectivity index (χ4n) is 2.26. The SMILES string of the molecule is CCCNc1cnc(C(=O)N2CCCC(OC)C2)cn1. The predicted molar refractivity (Wildman–Crippen MR) is 76.7 cm³/mol. The van der Waals surface area contributed by atoms with Crippen LogP contribution in [-0.2, 0) is 4.74 Å². The summed E-state index contributed by atoms with van der Waals surface area (Å²) in [7, 11) is 1.69. The van der Waals surface area contributed by atoms with E-state index < -0.39 is 0 Å². The van der Waals surface area contributed by atoms with Crippen LogP contribution in [0.3, 0.4) is 0 Å². The monoisotopic (exact) mass is 278 g/mol. The Morgan fingerprint density at radius 1 is 1.50 bits per heavy atom. The van der Waals surface area contributed by atoms with E-state index >= 15 is 0 Å². The third-order valence-corrected chi connectivity index (χ3v) is 3.43. The van der Waals surface area contributed by atoms with Crippen molar-refractivity contribution in [3.05, 3.63) is 18.1 Å². The second-order valence-corrected chi connectivity index (χ2v) is 4.96. The summed E-state index contributed by atoms with van der Waals surface area (Å²) in [6.45, 7) is 4.33.